The number of carbonyl (C=O) groups is 1. The zero-order valence-electron chi connectivity index (χ0n) is 11.0. The van der Waals surface area contributed by atoms with Crippen molar-refractivity contribution in [3.63, 3.8) is 0 Å². The minimum Gasteiger partial charge on any atom is -0.493 e. The predicted octanol–water partition coefficient (Wildman–Crippen LogP) is 1.96. The number of hydrogen-bond donors (Lipinski definition) is 2. The number of anilines is 1. The van der Waals surface area contributed by atoms with Crippen molar-refractivity contribution in [2.75, 3.05) is 18.9 Å². The number of terminal acetylenes is 1. The van der Waals surface area contributed by atoms with Gasteiger partial charge < -0.3 is 15.8 Å². The Balaban J connectivity index is 2.09. The SMILES string of the molecule is C#CCCCCNC(=O)CCOc1cccc(N)c1. The largest absolute Gasteiger partial charge is 0.493 e. The van der Waals surface area contributed by atoms with E-state index < -0.39 is 0 Å². The summed E-state index contributed by atoms with van der Waals surface area (Å²) in [6.07, 6.45) is 8.08. The number of nitrogen functional groups attached to an aromatic ring is 1. The first-order valence-electron chi connectivity index (χ1n) is 6.41. The lowest BCUT2D eigenvalue weighted by Crippen LogP contribution is -2.25. The van der Waals surface area contributed by atoms with Crippen LogP contribution in [0.1, 0.15) is 25.7 Å². The number of amides is 1. The molecule has 0 spiro atoms. The van der Waals surface area contributed by atoms with Crippen LogP contribution in [-0.4, -0.2) is 19.1 Å². The summed E-state index contributed by atoms with van der Waals surface area (Å²) in [5.41, 5.74) is 6.27. The molecule has 0 saturated carbocycles. The van der Waals surface area contributed by atoms with Crippen LogP contribution in [0.15, 0.2) is 24.3 Å². The smallest absolute Gasteiger partial charge is 0.223 e. The molecular weight excluding hydrogens is 240 g/mol. The first-order chi connectivity index (χ1) is 9.22. The predicted molar refractivity (Wildman–Crippen MR) is 76.7 cm³/mol. The van der Waals surface area contributed by atoms with Gasteiger partial charge in [0.05, 0.1) is 13.0 Å². The lowest BCUT2D eigenvalue weighted by atomic mass is 10.2. The van der Waals surface area contributed by atoms with Crippen LogP contribution >= 0.6 is 0 Å². The van der Waals surface area contributed by atoms with Crippen molar-refractivity contribution in [3.8, 4) is 18.1 Å². The van der Waals surface area contributed by atoms with Crippen molar-refractivity contribution in [1.82, 2.24) is 5.32 Å². The van der Waals surface area contributed by atoms with Crippen LogP contribution in [-0.2, 0) is 4.79 Å². The molecule has 1 aromatic rings. The zero-order valence-corrected chi connectivity index (χ0v) is 11.0. The van der Waals surface area contributed by atoms with Crippen LogP contribution in [0, 0.1) is 12.3 Å². The molecule has 0 saturated heterocycles. The molecular formula is C15H20N2O2. The molecule has 0 fully saturated rings. The molecule has 4 heteroatoms. The molecule has 1 aromatic carbocycles. The third kappa shape index (κ3) is 6.99. The van der Waals surface area contributed by atoms with E-state index >= 15 is 0 Å². The van der Waals surface area contributed by atoms with Gasteiger partial charge in [0.25, 0.3) is 0 Å². The Bertz CT molecular complexity index is 438. The van der Waals surface area contributed by atoms with Gasteiger partial charge in [0.1, 0.15) is 5.75 Å². The second kappa shape index (κ2) is 8.87. The summed E-state index contributed by atoms with van der Waals surface area (Å²) in [7, 11) is 0. The maximum atomic E-state index is 11.5. The van der Waals surface area contributed by atoms with Crippen LogP contribution in [0.25, 0.3) is 0 Å². The molecule has 0 aliphatic carbocycles. The molecule has 0 aliphatic heterocycles. The van der Waals surface area contributed by atoms with E-state index in [0.29, 0.717) is 31.0 Å². The quantitative estimate of drug-likeness (QED) is 0.426. The number of benzene rings is 1. The third-order valence-electron chi connectivity index (χ3n) is 2.53. The summed E-state index contributed by atoms with van der Waals surface area (Å²) in [6.45, 7) is 1.01. The fourth-order valence-electron chi connectivity index (χ4n) is 1.53. The molecule has 4 nitrogen and oxygen atoms in total. The van der Waals surface area contributed by atoms with Gasteiger partial charge in [-0.3, -0.25) is 4.79 Å². The average Bonchev–Trinajstić information content (AvgIpc) is 2.38. The first-order valence-corrected chi connectivity index (χ1v) is 6.41. The standard InChI is InChI=1S/C15H20N2O2/c1-2-3-4-5-10-17-15(18)9-11-19-14-8-6-7-13(16)12-14/h1,6-8,12H,3-5,9-11,16H2,(H,17,18). The summed E-state index contributed by atoms with van der Waals surface area (Å²) < 4.78 is 5.43. The van der Waals surface area contributed by atoms with E-state index in [9.17, 15) is 4.79 Å². The minimum absolute atomic E-state index is 0.00962. The van der Waals surface area contributed by atoms with Gasteiger partial charge in [-0.15, -0.1) is 12.3 Å². The molecule has 1 amide bonds. The van der Waals surface area contributed by atoms with Crippen molar-refractivity contribution in [2.24, 2.45) is 0 Å². The van der Waals surface area contributed by atoms with Gasteiger partial charge in [0.2, 0.25) is 5.91 Å². The molecule has 19 heavy (non-hydrogen) atoms. The van der Waals surface area contributed by atoms with E-state index in [1.165, 1.54) is 0 Å². The Hall–Kier alpha value is -2.15. The lowest BCUT2D eigenvalue weighted by molar-refractivity contribution is -0.121. The van der Waals surface area contributed by atoms with E-state index in [4.69, 9.17) is 16.9 Å². The van der Waals surface area contributed by atoms with Crippen LogP contribution in [0.4, 0.5) is 5.69 Å². The van der Waals surface area contributed by atoms with Gasteiger partial charge in [0.15, 0.2) is 0 Å². The maximum Gasteiger partial charge on any atom is 0.223 e. The summed E-state index contributed by atoms with van der Waals surface area (Å²) in [6, 6.07) is 7.15. The summed E-state index contributed by atoms with van der Waals surface area (Å²) in [5, 5.41) is 2.83. The van der Waals surface area contributed by atoms with Crippen molar-refractivity contribution in [1.29, 1.82) is 0 Å². The van der Waals surface area contributed by atoms with E-state index in [1.54, 1.807) is 12.1 Å². The maximum absolute atomic E-state index is 11.5. The molecule has 1 rings (SSSR count). The molecule has 0 heterocycles. The Morgan fingerprint density at radius 1 is 1.42 bits per heavy atom. The van der Waals surface area contributed by atoms with Crippen molar-refractivity contribution >= 4 is 11.6 Å². The molecule has 3 N–H and O–H groups in total. The summed E-state index contributed by atoms with van der Waals surface area (Å²) in [5.74, 6) is 3.24. The first kappa shape index (κ1) is 14.9. The molecule has 0 bridgehead atoms. The van der Waals surface area contributed by atoms with Gasteiger partial charge in [-0.1, -0.05) is 6.07 Å². The number of ether oxygens (including phenoxy) is 1. The van der Waals surface area contributed by atoms with Gasteiger partial charge in [-0.05, 0) is 25.0 Å². The van der Waals surface area contributed by atoms with E-state index in [-0.39, 0.29) is 5.91 Å². The Labute approximate surface area is 114 Å². The van der Waals surface area contributed by atoms with Gasteiger partial charge in [0, 0.05) is 24.7 Å². The minimum atomic E-state index is -0.00962. The second-order valence-corrected chi connectivity index (χ2v) is 4.18. The average molecular weight is 260 g/mol. The van der Waals surface area contributed by atoms with E-state index in [1.807, 2.05) is 12.1 Å². The van der Waals surface area contributed by atoms with E-state index in [0.717, 1.165) is 19.3 Å². The number of hydrogen-bond acceptors (Lipinski definition) is 3. The number of unbranched alkanes of at least 4 members (excludes halogenated alkanes) is 2. The highest BCUT2D eigenvalue weighted by molar-refractivity contribution is 5.75. The number of nitrogens with two attached hydrogens (primary N) is 1. The number of nitrogens with one attached hydrogen (secondary N) is 1. The van der Waals surface area contributed by atoms with Crippen LogP contribution in [0.2, 0.25) is 0 Å². The Morgan fingerprint density at radius 3 is 3.00 bits per heavy atom. The van der Waals surface area contributed by atoms with E-state index in [2.05, 4.69) is 11.2 Å². The van der Waals surface area contributed by atoms with Gasteiger partial charge in [-0.2, -0.15) is 0 Å². The molecule has 0 aliphatic rings. The summed E-state index contributed by atoms with van der Waals surface area (Å²) >= 11 is 0. The summed E-state index contributed by atoms with van der Waals surface area (Å²) in [4.78, 5) is 11.5. The Morgan fingerprint density at radius 2 is 2.26 bits per heavy atom. The highest BCUT2D eigenvalue weighted by Gasteiger charge is 2.01. The third-order valence-corrected chi connectivity index (χ3v) is 2.53. The fourth-order valence-corrected chi connectivity index (χ4v) is 1.53. The monoisotopic (exact) mass is 260 g/mol. The second-order valence-electron chi connectivity index (χ2n) is 4.18. The highest BCUT2D eigenvalue weighted by atomic mass is 16.5. The van der Waals surface area contributed by atoms with Crippen molar-refractivity contribution < 1.29 is 9.53 Å². The van der Waals surface area contributed by atoms with Gasteiger partial charge in [-0.25, -0.2) is 0 Å². The highest BCUT2D eigenvalue weighted by Crippen LogP contribution is 2.14. The molecule has 0 radical (unpaired) electrons. The van der Waals surface area contributed by atoms with Crippen LogP contribution in [0.5, 0.6) is 5.75 Å². The lowest BCUT2D eigenvalue weighted by Gasteiger charge is -2.07. The van der Waals surface area contributed by atoms with Crippen LogP contribution < -0.4 is 15.8 Å². The van der Waals surface area contributed by atoms with Crippen molar-refractivity contribution in [3.05, 3.63) is 24.3 Å². The number of rotatable bonds is 8. The van der Waals surface area contributed by atoms with Gasteiger partial charge >= 0.3 is 0 Å². The molecule has 102 valence electrons. The van der Waals surface area contributed by atoms with Crippen molar-refractivity contribution in [2.45, 2.75) is 25.7 Å². The zero-order chi connectivity index (χ0) is 13.9. The molecule has 0 unspecified atom stereocenters. The van der Waals surface area contributed by atoms with Crippen LogP contribution in [0.3, 0.4) is 0 Å². The fraction of sp³-hybridized carbons (Fsp3) is 0.400. The molecule has 0 atom stereocenters. The normalized spacial score (nSPS) is 9.63. The Kier molecular flexibility index (Phi) is 6.96. The topological polar surface area (TPSA) is 64.3 Å². The molecule has 0 aromatic heterocycles. The number of carbonyl (C=O) groups excluding carboxylic acids is 1.